The Morgan fingerprint density at radius 3 is 3.11 bits per heavy atom. The van der Waals surface area contributed by atoms with Gasteiger partial charge in [0.2, 0.25) is 0 Å². The molecule has 6 heteroatoms. The van der Waals surface area contributed by atoms with Crippen LogP contribution < -0.4 is 11.1 Å². The van der Waals surface area contributed by atoms with E-state index in [0.29, 0.717) is 12.4 Å². The van der Waals surface area contributed by atoms with Gasteiger partial charge < -0.3 is 20.3 Å². The van der Waals surface area contributed by atoms with E-state index in [-0.39, 0.29) is 23.7 Å². The molecule has 18 heavy (non-hydrogen) atoms. The van der Waals surface area contributed by atoms with E-state index in [2.05, 4.69) is 10.5 Å². The molecule has 1 aromatic rings. The number of ether oxygens (including phenoxy) is 1. The minimum absolute atomic E-state index is 0.0352. The maximum Gasteiger partial charge on any atom is 0.273 e. The molecule has 1 amide bonds. The van der Waals surface area contributed by atoms with Crippen LogP contribution in [0.5, 0.6) is 0 Å². The van der Waals surface area contributed by atoms with Crippen molar-refractivity contribution in [2.24, 2.45) is 5.73 Å². The average Bonchev–Trinajstić information content (AvgIpc) is 2.81. The first-order chi connectivity index (χ1) is 8.70. The van der Waals surface area contributed by atoms with Gasteiger partial charge in [0.15, 0.2) is 11.5 Å². The van der Waals surface area contributed by atoms with Crippen molar-refractivity contribution in [2.45, 2.75) is 44.4 Å². The van der Waals surface area contributed by atoms with Crippen LogP contribution in [0, 0.1) is 0 Å². The Balaban J connectivity index is 1.93. The zero-order chi connectivity index (χ0) is 13.0. The molecule has 0 aromatic carbocycles. The third kappa shape index (κ3) is 3.08. The molecule has 1 aromatic heterocycles. The SMILES string of the molecule is COCc1cc(C(=O)N[C@@H]2CCCC[C@H]2N)no1. The Hall–Kier alpha value is -1.40. The third-order valence-electron chi connectivity index (χ3n) is 3.21. The molecule has 0 spiro atoms. The number of amides is 1. The molecule has 6 nitrogen and oxygen atoms in total. The molecule has 1 aliphatic carbocycles. The number of rotatable bonds is 4. The summed E-state index contributed by atoms with van der Waals surface area (Å²) in [6, 6.07) is 1.66. The van der Waals surface area contributed by atoms with Gasteiger partial charge in [0.25, 0.3) is 5.91 Å². The van der Waals surface area contributed by atoms with Gasteiger partial charge in [0.05, 0.1) is 0 Å². The third-order valence-corrected chi connectivity index (χ3v) is 3.21. The molecule has 2 atom stereocenters. The lowest BCUT2D eigenvalue weighted by atomic mass is 9.91. The molecule has 1 saturated carbocycles. The molecule has 0 unspecified atom stereocenters. The summed E-state index contributed by atoms with van der Waals surface area (Å²) >= 11 is 0. The van der Waals surface area contributed by atoms with Crippen molar-refractivity contribution in [3.05, 3.63) is 17.5 Å². The lowest BCUT2D eigenvalue weighted by molar-refractivity contribution is 0.0911. The largest absolute Gasteiger partial charge is 0.377 e. The summed E-state index contributed by atoms with van der Waals surface area (Å²) in [6.07, 6.45) is 4.12. The van der Waals surface area contributed by atoms with Crippen LogP contribution in [-0.4, -0.2) is 30.3 Å². The van der Waals surface area contributed by atoms with Gasteiger partial charge in [-0.3, -0.25) is 4.79 Å². The lowest BCUT2D eigenvalue weighted by Gasteiger charge is -2.28. The summed E-state index contributed by atoms with van der Waals surface area (Å²) in [5.41, 5.74) is 6.26. The summed E-state index contributed by atoms with van der Waals surface area (Å²) in [4.78, 5) is 11.9. The predicted molar refractivity (Wildman–Crippen MR) is 64.9 cm³/mol. The second-order valence-corrected chi connectivity index (χ2v) is 4.64. The van der Waals surface area contributed by atoms with E-state index in [1.165, 1.54) is 0 Å². The molecule has 100 valence electrons. The van der Waals surface area contributed by atoms with E-state index in [4.69, 9.17) is 15.0 Å². The van der Waals surface area contributed by atoms with Gasteiger partial charge in [0.1, 0.15) is 6.61 Å². The van der Waals surface area contributed by atoms with Crippen molar-refractivity contribution < 1.29 is 14.1 Å². The minimum Gasteiger partial charge on any atom is -0.377 e. The fourth-order valence-corrected chi connectivity index (χ4v) is 2.21. The maximum absolute atomic E-state index is 11.9. The van der Waals surface area contributed by atoms with Crippen LogP contribution in [0.15, 0.2) is 10.6 Å². The standard InChI is InChI=1S/C12H19N3O3/c1-17-7-8-6-11(15-18-8)12(16)14-10-5-3-2-4-9(10)13/h6,9-10H,2-5,7,13H2,1H3,(H,14,16)/t9-,10-/m1/s1. The van der Waals surface area contributed by atoms with E-state index in [9.17, 15) is 4.79 Å². The van der Waals surface area contributed by atoms with E-state index >= 15 is 0 Å². The number of methoxy groups -OCH3 is 1. The lowest BCUT2D eigenvalue weighted by Crippen LogP contribution is -2.49. The topological polar surface area (TPSA) is 90.4 Å². The van der Waals surface area contributed by atoms with Gasteiger partial charge in [-0.25, -0.2) is 0 Å². The summed E-state index contributed by atoms with van der Waals surface area (Å²) in [5, 5.41) is 6.63. The molecule has 0 radical (unpaired) electrons. The van der Waals surface area contributed by atoms with Crippen LogP contribution in [0.4, 0.5) is 0 Å². The number of nitrogens with two attached hydrogens (primary N) is 1. The van der Waals surface area contributed by atoms with E-state index < -0.39 is 0 Å². The molecule has 1 heterocycles. The first-order valence-electron chi connectivity index (χ1n) is 6.21. The van der Waals surface area contributed by atoms with Crippen molar-refractivity contribution in [3.8, 4) is 0 Å². The Morgan fingerprint density at radius 2 is 2.39 bits per heavy atom. The van der Waals surface area contributed by atoms with E-state index in [1.807, 2.05) is 0 Å². The number of carbonyl (C=O) groups excluding carboxylic acids is 1. The van der Waals surface area contributed by atoms with E-state index in [0.717, 1.165) is 25.7 Å². The van der Waals surface area contributed by atoms with Gasteiger partial charge in [-0.1, -0.05) is 18.0 Å². The number of nitrogens with one attached hydrogen (secondary N) is 1. The van der Waals surface area contributed by atoms with Crippen molar-refractivity contribution in [1.29, 1.82) is 0 Å². The Kier molecular flexibility index (Phi) is 4.33. The second-order valence-electron chi connectivity index (χ2n) is 4.64. The molecule has 0 bridgehead atoms. The van der Waals surface area contributed by atoms with Crippen molar-refractivity contribution >= 4 is 5.91 Å². The van der Waals surface area contributed by atoms with Crippen LogP contribution in [0.2, 0.25) is 0 Å². The number of carbonyl (C=O) groups is 1. The van der Waals surface area contributed by atoms with Gasteiger partial charge >= 0.3 is 0 Å². The van der Waals surface area contributed by atoms with Crippen LogP contribution in [0.25, 0.3) is 0 Å². The first kappa shape index (κ1) is 13.0. The number of aromatic nitrogens is 1. The quantitative estimate of drug-likeness (QED) is 0.829. The summed E-state index contributed by atoms with van der Waals surface area (Å²) in [5.74, 6) is 0.305. The molecule has 1 aliphatic rings. The normalized spacial score (nSPS) is 23.9. The molecule has 0 saturated heterocycles. The Bertz CT molecular complexity index is 405. The number of nitrogens with zero attached hydrogens (tertiary/aromatic N) is 1. The fraction of sp³-hybridized carbons (Fsp3) is 0.667. The van der Waals surface area contributed by atoms with Crippen molar-refractivity contribution in [3.63, 3.8) is 0 Å². The minimum atomic E-state index is -0.233. The predicted octanol–water partition coefficient (Wildman–Crippen LogP) is 0.821. The van der Waals surface area contributed by atoms with Crippen molar-refractivity contribution in [1.82, 2.24) is 10.5 Å². The van der Waals surface area contributed by atoms with Crippen LogP contribution in [0.1, 0.15) is 41.9 Å². The Labute approximate surface area is 106 Å². The summed E-state index contributed by atoms with van der Waals surface area (Å²) in [7, 11) is 1.56. The zero-order valence-corrected chi connectivity index (χ0v) is 10.5. The van der Waals surface area contributed by atoms with Crippen LogP contribution >= 0.6 is 0 Å². The van der Waals surface area contributed by atoms with Crippen molar-refractivity contribution in [2.75, 3.05) is 7.11 Å². The highest BCUT2D eigenvalue weighted by Crippen LogP contribution is 2.17. The summed E-state index contributed by atoms with van der Waals surface area (Å²) in [6.45, 7) is 0.309. The molecule has 1 fully saturated rings. The molecular weight excluding hydrogens is 234 g/mol. The average molecular weight is 253 g/mol. The van der Waals surface area contributed by atoms with Gasteiger partial charge in [0, 0.05) is 25.3 Å². The smallest absolute Gasteiger partial charge is 0.273 e. The zero-order valence-electron chi connectivity index (χ0n) is 10.5. The van der Waals surface area contributed by atoms with Gasteiger partial charge in [-0.2, -0.15) is 0 Å². The molecule has 0 aliphatic heterocycles. The maximum atomic E-state index is 11.9. The van der Waals surface area contributed by atoms with Crippen LogP contribution in [0.3, 0.4) is 0 Å². The second kappa shape index (κ2) is 5.97. The summed E-state index contributed by atoms with van der Waals surface area (Å²) < 4.78 is 9.88. The van der Waals surface area contributed by atoms with E-state index in [1.54, 1.807) is 13.2 Å². The first-order valence-corrected chi connectivity index (χ1v) is 6.21. The molecule has 2 rings (SSSR count). The monoisotopic (exact) mass is 253 g/mol. The van der Waals surface area contributed by atoms with Gasteiger partial charge in [-0.05, 0) is 12.8 Å². The van der Waals surface area contributed by atoms with Crippen LogP contribution in [-0.2, 0) is 11.3 Å². The number of hydrogen-bond acceptors (Lipinski definition) is 5. The Morgan fingerprint density at radius 1 is 1.61 bits per heavy atom. The highest BCUT2D eigenvalue weighted by Gasteiger charge is 2.24. The molecular formula is C12H19N3O3. The fourth-order valence-electron chi connectivity index (χ4n) is 2.21. The number of hydrogen-bond donors (Lipinski definition) is 2. The van der Waals surface area contributed by atoms with Gasteiger partial charge in [-0.15, -0.1) is 0 Å². The molecule has 3 N–H and O–H groups in total. The highest BCUT2D eigenvalue weighted by atomic mass is 16.5. The highest BCUT2D eigenvalue weighted by molar-refractivity contribution is 5.92.